The van der Waals surface area contributed by atoms with E-state index in [1.165, 1.54) is 6.07 Å². The van der Waals surface area contributed by atoms with E-state index in [4.69, 9.17) is 0 Å². The molecule has 0 saturated heterocycles. The molecule has 1 N–H and O–H groups in total. The highest BCUT2D eigenvalue weighted by atomic mass is 79.9. The van der Waals surface area contributed by atoms with Crippen molar-refractivity contribution in [3.05, 3.63) is 39.6 Å². The van der Waals surface area contributed by atoms with Crippen LogP contribution < -0.4 is 5.32 Å². The first kappa shape index (κ1) is 13.9. The Bertz CT molecular complexity index is 614. The number of anilines is 1. The fraction of sp³-hybridized carbons (Fsp3) is 0.286. The fourth-order valence-electron chi connectivity index (χ4n) is 1.88. The van der Waals surface area contributed by atoms with Gasteiger partial charge in [0.15, 0.2) is 5.82 Å². The number of rotatable bonds is 3. The molecule has 1 heterocycles. The molecule has 0 bridgehead atoms. The molecule has 2 rings (SSSR count). The first-order valence-corrected chi connectivity index (χ1v) is 6.87. The molecule has 1 aromatic carbocycles. The highest BCUT2D eigenvalue weighted by Crippen LogP contribution is 2.29. The van der Waals surface area contributed by atoms with Crippen molar-refractivity contribution in [3.8, 4) is 11.3 Å². The first-order chi connectivity index (χ1) is 9.04. The maximum Gasteiger partial charge on any atom is 0.151 e. The minimum Gasteiger partial charge on any atom is -0.369 e. The summed E-state index contributed by atoms with van der Waals surface area (Å²) in [5, 5.41) is 11.4. The van der Waals surface area contributed by atoms with Crippen LogP contribution in [0.4, 0.5) is 10.2 Å². The Labute approximate surface area is 120 Å². The Balaban J connectivity index is 2.57. The standard InChI is InChI=1S/C14H15BrFN3/c1-4-17-14-9(3)8(2)13(18-19-14)11-7-10(15)5-6-12(11)16/h5-7H,4H2,1-3H3,(H,17,19). The lowest BCUT2D eigenvalue weighted by atomic mass is 10.0. The third kappa shape index (κ3) is 2.76. The van der Waals surface area contributed by atoms with Gasteiger partial charge in [-0.25, -0.2) is 4.39 Å². The maximum absolute atomic E-state index is 13.9. The van der Waals surface area contributed by atoms with Crippen molar-refractivity contribution < 1.29 is 4.39 Å². The molecule has 3 nitrogen and oxygen atoms in total. The van der Waals surface area contributed by atoms with Crippen molar-refractivity contribution >= 4 is 21.7 Å². The van der Waals surface area contributed by atoms with Crippen LogP contribution in [0.3, 0.4) is 0 Å². The Morgan fingerprint density at radius 1 is 1.21 bits per heavy atom. The minimum absolute atomic E-state index is 0.295. The van der Waals surface area contributed by atoms with Gasteiger partial charge in [-0.1, -0.05) is 15.9 Å². The van der Waals surface area contributed by atoms with Crippen molar-refractivity contribution in [2.45, 2.75) is 20.8 Å². The number of benzene rings is 1. The van der Waals surface area contributed by atoms with Crippen LogP contribution in [-0.2, 0) is 0 Å². The van der Waals surface area contributed by atoms with Crippen LogP contribution in [0, 0.1) is 19.7 Å². The van der Waals surface area contributed by atoms with Crippen LogP contribution in [0.1, 0.15) is 18.1 Å². The third-order valence-corrected chi connectivity index (χ3v) is 3.54. The van der Waals surface area contributed by atoms with E-state index in [1.54, 1.807) is 12.1 Å². The molecular weight excluding hydrogens is 309 g/mol. The van der Waals surface area contributed by atoms with Gasteiger partial charge in [0.2, 0.25) is 0 Å². The number of hydrogen-bond acceptors (Lipinski definition) is 3. The van der Waals surface area contributed by atoms with Gasteiger partial charge in [0, 0.05) is 16.6 Å². The number of nitrogens with zero attached hydrogens (tertiary/aromatic N) is 2. The lowest BCUT2D eigenvalue weighted by Gasteiger charge is -2.12. The average Bonchev–Trinajstić information content (AvgIpc) is 2.39. The molecule has 0 amide bonds. The number of nitrogens with one attached hydrogen (secondary N) is 1. The van der Waals surface area contributed by atoms with E-state index in [2.05, 4.69) is 31.4 Å². The summed E-state index contributed by atoms with van der Waals surface area (Å²) in [6.07, 6.45) is 0. The highest BCUT2D eigenvalue weighted by molar-refractivity contribution is 9.10. The zero-order valence-corrected chi connectivity index (χ0v) is 12.7. The molecule has 19 heavy (non-hydrogen) atoms. The van der Waals surface area contributed by atoms with Gasteiger partial charge in [-0.3, -0.25) is 0 Å². The fourth-order valence-corrected chi connectivity index (χ4v) is 2.24. The topological polar surface area (TPSA) is 37.8 Å². The van der Waals surface area contributed by atoms with E-state index in [1.807, 2.05) is 20.8 Å². The second-order valence-electron chi connectivity index (χ2n) is 4.30. The quantitative estimate of drug-likeness (QED) is 0.924. The summed E-state index contributed by atoms with van der Waals surface area (Å²) < 4.78 is 14.7. The number of aromatic nitrogens is 2. The minimum atomic E-state index is -0.295. The first-order valence-electron chi connectivity index (χ1n) is 6.07. The van der Waals surface area contributed by atoms with Crippen LogP contribution in [0.25, 0.3) is 11.3 Å². The summed E-state index contributed by atoms with van der Waals surface area (Å²) in [4.78, 5) is 0. The van der Waals surface area contributed by atoms with Gasteiger partial charge >= 0.3 is 0 Å². The summed E-state index contributed by atoms with van der Waals surface area (Å²) in [5.74, 6) is 0.454. The van der Waals surface area contributed by atoms with Crippen LogP contribution in [0.2, 0.25) is 0 Å². The molecule has 0 fully saturated rings. The molecule has 1 aromatic heterocycles. The van der Waals surface area contributed by atoms with Crippen molar-refractivity contribution in [3.63, 3.8) is 0 Å². The molecular formula is C14H15BrFN3. The molecule has 0 aliphatic heterocycles. The van der Waals surface area contributed by atoms with Crippen molar-refractivity contribution in [1.82, 2.24) is 10.2 Å². The van der Waals surface area contributed by atoms with E-state index in [9.17, 15) is 4.39 Å². The van der Waals surface area contributed by atoms with Crippen LogP contribution >= 0.6 is 15.9 Å². The SMILES string of the molecule is CCNc1nnc(-c2cc(Br)ccc2F)c(C)c1C. The summed E-state index contributed by atoms with van der Waals surface area (Å²) in [6, 6.07) is 4.81. The monoisotopic (exact) mass is 323 g/mol. The maximum atomic E-state index is 13.9. The normalized spacial score (nSPS) is 10.6. The molecule has 0 saturated carbocycles. The van der Waals surface area contributed by atoms with Gasteiger partial charge in [-0.2, -0.15) is 0 Å². The molecule has 2 aromatic rings. The summed E-state index contributed by atoms with van der Waals surface area (Å²) >= 11 is 3.35. The molecule has 0 aliphatic carbocycles. The molecule has 0 radical (unpaired) electrons. The largest absolute Gasteiger partial charge is 0.369 e. The molecule has 0 unspecified atom stereocenters. The van der Waals surface area contributed by atoms with Crippen LogP contribution in [0.5, 0.6) is 0 Å². The highest BCUT2D eigenvalue weighted by Gasteiger charge is 2.14. The number of halogens is 2. The lowest BCUT2D eigenvalue weighted by Crippen LogP contribution is -2.06. The lowest BCUT2D eigenvalue weighted by molar-refractivity contribution is 0.630. The summed E-state index contributed by atoms with van der Waals surface area (Å²) in [5.41, 5.74) is 2.97. The smallest absolute Gasteiger partial charge is 0.151 e. The Kier molecular flexibility index (Phi) is 4.14. The second kappa shape index (κ2) is 5.65. The van der Waals surface area contributed by atoms with E-state index < -0.39 is 0 Å². The molecule has 5 heteroatoms. The van der Waals surface area contributed by atoms with Gasteiger partial charge in [0.1, 0.15) is 5.82 Å². The molecule has 0 atom stereocenters. The summed E-state index contributed by atoms with van der Waals surface area (Å²) in [7, 11) is 0. The van der Waals surface area contributed by atoms with Crippen LogP contribution in [-0.4, -0.2) is 16.7 Å². The Hall–Kier alpha value is -1.49. The van der Waals surface area contributed by atoms with E-state index >= 15 is 0 Å². The predicted octanol–water partition coefficient (Wildman–Crippen LogP) is 4.09. The second-order valence-corrected chi connectivity index (χ2v) is 5.22. The van der Waals surface area contributed by atoms with Crippen molar-refractivity contribution in [1.29, 1.82) is 0 Å². The Morgan fingerprint density at radius 3 is 2.63 bits per heavy atom. The number of hydrogen-bond donors (Lipinski definition) is 1. The summed E-state index contributed by atoms with van der Waals surface area (Å²) in [6.45, 7) is 6.67. The van der Waals surface area contributed by atoms with Gasteiger partial charge in [0.25, 0.3) is 0 Å². The van der Waals surface area contributed by atoms with Crippen molar-refractivity contribution in [2.24, 2.45) is 0 Å². The molecule has 0 aliphatic rings. The Morgan fingerprint density at radius 2 is 1.95 bits per heavy atom. The van der Waals surface area contributed by atoms with Crippen LogP contribution in [0.15, 0.2) is 22.7 Å². The third-order valence-electron chi connectivity index (χ3n) is 3.05. The average molecular weight is 324 g/mol. The molecule has 100 valence electrons. The van der Waals surface area contributed by atoms with Gasteiger partial charge in [-0.05, 0) is 50.1 Å². The van der Waals surface area contributed by atoms with E-state index in [0.717, 1.165) is 28.0 Å². The van der Waals surface area contributed by atoms with E-state index in [-0.39, 0.29) is 5.82 Å². The van der Waals surface area contributed by atoms with Gasteiger partial charge < -0.3 is 5.32 Å². The predicted molar refractivity (Wildman–Crippen MR) is 78.8 cm³/mol. The van der Waals surface area contributed by atoms with E-state index in [0.29, 0.717) is 11.3 Å². The molecule has 0 spiro atoms. The zero-order chi connectivity index (χ0) is 14.0. The van der Waals surface area contributed by atoms with Crippen molar-refractivity contribution in [2.75, 3.05) is 11.9 Å². The van der Waals surface area contributed by atoms with Gasteiger partial charge in [0.05, 0.1) is 5.69 Å². The zero-order valence-electron chi connectivity index (χ0n) is 11.1. The van der Waals surface area contributed by atoms with Gasteiger partial charge in [-0.15, -0.1) is 10.2 Å².